The first-order valence-corrected chi connectivity index (χ1v) is 7.91. The number of carbonyl (C=O) groups excluding carboxylic acids is 1. The van der Waals surface area contributed by atoms with E-state index < -0.39 is 5.97 Å². The van der Waals surface area contributed by atoms with Crippen LogP contribution in [0, 0.1) is 0 Å². The summed E-state index contributed by atoms with van der Waals surface area (Å²) in [5, 5.41) is 0. The van der Waals surface area contributed by atoms with Gasteiger partial charge >= 0.3 is 5.97 Å². The molecule has 6 heteroatoms. The number of aliphatic imine (C=N–C) groups is 1. The molecule has 0 aromatic heterocycles. The Hall–Kier alpha value is -2.60. The monoisotopic (exact) mass is 387 g/mol. The Balaban J connectivity index is 1.99. The lowest BCUT2D eigenvalue weighted by Crippen LogP contribution is -2.05. The van der Waals surface area contributed by atoms with Crippen LogP contribution in [0.25, 0.3) is 6.08 Å². The molecule has 1 aliphatic rings. The van der Waals surface area contributed by atoms with E-state index >= 15 is 0 Å². The van der Waals surface area contributed by atoms with E-state index in [0.29, 0.717) is 17.1 Å². The molecule has 0 bridgehead atoms. The van der Waals surface area contributed by atoms with Crippen LogP contribution in [0.2, 0.25) is 0 Å². The van der Waals surface area contributed by atoms with Crippen LogP contribution >= 0.6 is 15.9 Å². The third-order valence-electron chi connectivity index (χ3n) is 3.44. The van der Waals surface area contributed by atoms with E-state index in [2.05, 4.69) is 20.9 Å². The second-order valence-corrected chi connectivity index (χ2v) is 5.84. The first-order chi connectivity index (χ1) is 11.6. The molecular weight excluding hydrogens is 374 g/mol. The third kappa shape index (κ3) is 3.19. The van der Waals surface area contributed by atoms with Crippen LogP contribution in [-0.2, 0) is 9.53 Å². The molecule has 24 heavy (non-hydrogen) atoms. The van der Waals surface area contributed by atoms with Gasteiger partial charge in [0, 0.05) is 15.6 Å². The molecule has 0 saturated carbocycles. The first-order valence-electron chi connectivity index (χ1n) is 7.12. The van der Waals surface area contributed by atoms with Crippen LogP contribution in [0.3, 0.4) is 0 Å². The van der Waals surface area contributed by atoms with Gasteiger partial charge in [0.05, 0.1) is 14.2 Å². The average molecular weight is 388 g/mol. The van der Waals surface area contributed by atoms with Crippen LogP contribution in [0.4, 0.5) is 0 Å². The lowest BCUT2D eigenvalue weighted by atomic mass is 10.1. The maximum atomic E-state index is 12.1. The number of methoxy groups -OCH3 is 2. The minimum Gasteiger partial charge on any atom is -0.493 e. The van der Waals surface area contributed by atoms with Crippen molar-refractivity contribution in [1.29, 1.82) is 0 Å². The first kappa shape index (κ1) is 16.3. The highest BCUT2D eigenvalue weighted by Crippen LogP contribution is 2.33. The normalized spacial score (nSPS) is 15.2. The molecule has 0 N–H and O–H groups in total. The quantitative estimate of drug-likeness (QED) is 0.591. The molecule has 2 aromatic carbocycles. The Labute approximate surface area is 147 Å². The maximum Gasteiger partial charge on any atom is 0.363 e. The van der Waals surface area contributed by atoms with Crippen molar-refractivity contribution in [3.8, 4) is 11.5 Å². The summed E-state index contributed by atoms with van der Waals surface area (Å²) in [5.74, 6) is 0.890. The van der Waals surface area contributed by atoms with Crippen molar-refractivity contribution in [3.63, 3.8) is 0 Å². The van der Waals surface area contributed by atoms with Gasteiger partial charge in [-0.1, -0.05) is 28.1 Å². The predicted octanol–water partition coefficient (Wildman–Crippen LogP) is 3.81. The Bertz CT molecular complexity index is 841. The van der Waals surface area contributed by atoms with Crippen molar-refractivity contribution in [3.05, 3.63) is 63.8 Å². The van der Waals surface area contributed by atoms with Crippen LogP contribution in [0.15, 0.2) is 57.6 Å². The number of para-hydroxylation sites is 1. The summed E-state index contributed by atoms with van der Waals surface area (Å²) in [6.45, 7) is 0. The van der Waals surface area contributed by atoms with E-state index in [9.17, 15) is 4.79 Å². The number of benzene rings is 2. The molecule has 0 amide bonds. The molecule has 122 valence electrons. The van der Waals surface area contributed by atoms with E-state index in [-0.39, 0.29) is 11.6 Å². The molecule has 0 atom stereocenters. The van der Waals surface area contributed by atoms with Crippen LogP contribution in [0.5, 0.6) is 11.5 Å². The second-order valence-electron chi connectivity index (χ2n) is 4.93. The van der Waals surface area contributed by atoms with Gasteiger partial charge in [0.2, 0.25) is 5.90 Å². The van der Waals surface area contributed by atoms with Gasteiger partial charge in [-0.15, -0.1) is 0 Å². The molecule has 0 radical (unpaired) electrons. The highest BCUT2D eigenvalue weighted by atomic mass is 79.9. The van der Waals surface area contributed by atoms with Crippen molar-refractivity contribution >= 4 is 33.9 Å². The zero-order valence-electron chi connectivity index (χ0n) is 13.1. The molecule has 1 aliphatic heterocycles. The SMILES string of the molecule is COc1cccc(/C=C2\N=C(c3ccc(Br)cc3)OC2=O)c1OC. The molecule has 0 spiro atoms. The van der Waals surface area contributed by atoms with Crippen molar-refractivity contribution in [2.45, 2.75) is 0 Å². The van der Waals surface area contributed by atoms with Crippen LogP contribution in [0.1, 0.15) is 11.1 Å². The predicted molar refractivity (Wildman–Crippen MR) is 94.3 cm³/mol. The summed E-state index contributed by atoms with van der Waals surface area (Å²) in [5.41, 5.74) is 1.62. The molecule has 0 aliphatic carbocycles. The zero-order valence-corrected chi connectivity index (χ0v) is 14.7. The molecule has 0 fully saturated rings. The summed E-state index contributed by atoms with van der Waals surface area (Å²) in [6, 6.07) is 12.8. The van der Waals surface area contributed by atoms with E-state index in [1.54, 1.807) is 26.4 Å². The zero-order chi connectivity index (χ0) is 17.1. The maximum absolute atomic E-state index is 12.1. The topological polar surface area (TPSA) is 57.1 Å². The van der Waals surface area contributed by atoms with Gasteiger partial charge in [0.25, 0.3) is 0 Å². The smallest absolute Gasteiger partial charge is 0.363 e. The van der Waals surface area contributed by atoms with Crippen molar-refractivity contribution in [2.24, 2.45) is 4.99 Å². The van der Waals surface area contributed by atoms with Crippen molar-refractivity contribution in [1.82, 2.24) is 0 Å². The van der Waals surface area contributed by atoms with Gasteiger partial charge in [-0.05, 0) is 36.4 Å². The standard InChI is InChI=1S/C18H14BrNO4/c1-22-15-5-3-4-12(16(15)23-2)10-14-18(21)24-17(20-14)11-6-8-13(19)9-7-11/h3-10H,1-2H3/b14-10-. The fourth-order valence-electron chi connectivity index (χ4n) is 2.30. The number of hydrogen-bond donors (Lipinski definition) is 0. The number of esters is 1. The van der Waals surface area contributed by atoms with Crippen LogP contribution < -0.4 is 9.47 Å². The van der Waals surface area contributed by atoms with Gasteiger partial charge in [-0.2, -0.15) is 0 Å². The minimum atomic E-state index is -0.502. The van der Waals surface area contributed by atoms with Gasteiger partial charge in [0.1, 0.15) is 0 Å². The number of cyclic esters (lactones) is 1. The molecule has 0 saturated heterocycles. The fourth-order valence-corrected chi connectivity index (χ4v) is 2.56. The number of halogens is 1. The van der Waals surface area contributed by atoms with Crippen molar-refractivity contribution in [2.75, 3.05) is 14.2 Å². The second kappa shape index (κ2) is 6.88. The number of hydrogen-bond acceptors (Lipinski definition) is 5. The lowest BCUT2D eigenvalue weighted by molar-refractivity contribution is -0.129. The van der Waals surface area contributed by atoms with E-state index in [4.69, 9.17) is 14.2 Å². The Morgan fingerprint density at radius 3 is 2.50 bits per heavy atom. The van der Waals surface area contributed by atoms with Gasteiger partial charge in [-0.25, -0.2) is 9.79 Å². The lowest BCUT2D eigenvalue weighted by Gasteiger charge is -2.09. The summed E-state index contributed by atoms with van der Waals surface area (Å²) in [7, 11) is 3.10. The highest BCUT2D eigenvalue weighted by molar-refractivity contribution is 9.10. The molecule has 1 heterocycles. The van der Waals surface area contributed by atoms with Gasteiger partial charge in [-0.3, -0.25) is 0 Å². The number of carbonyl (C=O) groups is 1. The number of ether oxygens (including phenoxy) is 3. The fraction of sp³-hybridized carbons (Fsp3) is 0.111. The van der Waals surface area contributed by atoms with E-state index in [1.807, 2.05) is 36.4 Å². The summed E-state index contributed by atoms with van der Waals surface area (Å²) >= 11 is 3.37. The third-order valence-corrected chi connectivity index (χ3v) is 3.97. The molecular formula is C18H14BrNO4. The average Bonchev–Trinajstić information content (AvgIpc) is 2.96. The number of nitrogens with zero attached hydrogens (tertiary/aromatic N) is 1. The molecule has 2 aromatic rings. The van der Waals surface area contributed by atoms with E-state index in [1.165, 1.54) is 0 Å². The Kier molecular flexibility index (Phi) is 4.66. The number of rotatable bonds is 4. The van der Waals surface area contributed by atoms with E-state index in [0.717, 1.165) is 10.0 Å². The highest BCUT2D eigenvalue weighted by Gasteiger charge is 2.24. The molecule has 3 rings (SSSR count). The Morgan fingerprint density at radius 2 is 1.83 bits per heavy atom. The molecule has 0 unspecified atom stereocenters. The Morgan fingerprint density at radius 1 is 1.08 bits per heavy atom. The summed E-state index contributed by atoms with van der Waals surface area (Å²) in [4.78, 5) is 16.4. The summed E-state index contributed by atoms with van der Waals surface area (Å²) < 4.78 is 16.8. The van der Waals surface area contributed by atoms with Gasteiger partial charge < -0.3 is 14.2 Å². The summed E-state index contributed by atoms with van der Waals surface area (Å²) in [6.07, 6.45) is 1.62. The van der Waals surface area contributed by atoms with Crippen LogP contribution in [-0.4, -0.2) is 26.1 Å². The van der Waals surface area contributed by atoms with Crippen molar-refractivity contribution < 1.29 is 19.0 Å². The minimum absolute atomic E-state index is 0.208. The molecule has 5 nitrogen and oxygen atoms in total. The largest absolute Gasteiger partial charge is 0.493 e. The van der Waals surface area contributed by atoms with Gasteiger partial charge in [0.15, 0.2) is 17.2 Å².